The van der Waals surface area contributed by atoms with Crippen molar-refractivity contribution in [3.63, 3.8) is 0 Å². The van der Waals surface area contributed by atoms with Crippen LogP contribution in [0.15, 0.2) is 34.3 Å². The molecule has 2 aromatic rings. The van der Waals surface area contributed by atoms with Crippen LogP contribution in [-0.2, 0) is 26.6 Å². The summed E-state index contributed by atoms with van der Waals surface area (Å²) in [6, 6.07) is 6.93. The first-order valence-electron chi connectivity index (χ1n) is 11.4. The first-order chi connectivity index (χ1) is 15.9. The van der Waals surface area contributed by atoms with E-state index in [4.69, 9.17) is 4.74 Å². The lowest BCUT2D eigenvalue weighted by atomic mass is 9.86. The van der Waals surface area contributed by atoms with Gasteiger partial charge in [0.2, 0.25) is 15.9 Å². The van der Waals surface area contributed by atoms with E-state index >= 15 is 0 Å². The second kappa shape index (κ2) is 10.5. The molecule has 1 N–H and O–H groups in total. The van der Waals surface area contributed by atoms with E-state index in [-0.39, 0.29) is 22.6 Å². The quantitative estimate of drug-likeness (QED) is 0.590. The van der Waals surface area contributed by atoms with Crippen molar-refractivity contribution in [2.24, 2.45) is 13.0 Å². The zero-order valence-corrected chi connectivity index (χ0v) is 20.7. The summed E-state index contributed by atoms with van der Waals surface area (Å²) in [5, 5.41) is 12.3. The van der Waals surface area contributed by atoms with Gasteiger partial charge < -0.3 is 14.6 Å². The number of hydrogen-bond donors (Lipinski definition) is 1. The first-order valence-corrected chi connectivity index (χ1v) is 13.8. The molecule has 4 rings (SSSR count). The number of nitrogens with one attached hydrogen (secondary N) is 1. The van der Waals surface area contributed by atoms with Crippen molar-refractivity contribution in [1.82, 2.24) is 24.4 Å². The Morgan fingerprint density at radius 2 is 1.85 bits per heavy atom. The second-order valence-electron chi connectivity index (χ2n) is 8.63. The summed E-state index contributed by atoms with van der Waals surface area (Å²) in [4.78, 5) is 12.7. The second-order valence-corrected chi connectivity index (χ2v) is 11.5. The molecule has 1 aromatic carbocycles. The molecule has 2 heterocycles. The summed E-state index contributed by atoms with van der Waals surface area (Å²) in [7, 11) is -1.69. The number of carbonyl (C=O) groups is 1. The lowest BCUT2D eigenvalue weighted by Crippen LogP contribution is -2.41. The maximum absolute atomic E-state index is 12.8. The van der Waals surface area contributed by atoms with Gasteiger partial charge in [-0.05, 0) is 43.0 Å². The summed E-state index contributed by atoms with van der Waals surface area (Å²) in [5.74, 6) is 1.44. The number of amides is 1. The van der Waals surface area contributed by atoms with Crippen LogP contribution < -0.4 is 5.32 Å². The molecule has 2 fully saturated rings. The van der Waals surface area contributed by atoms with Crippen molar-refractivity contribution >= 4 is 27.7 Å². The molecule has 2 aliphatic rings. The largest absolute Gasteiger partial charge is 0.379 e. The van der Waals surface area contributed by atoms with Crippen LogP contribution in [0.25, 0.3) is 11.4 Å². The molecule has 9 nitrogen and oxygen atoms in total. The van der Waals surface area contributed by atoms with Crippen molar-refractivity contribution in [3.05, 3.63) is 24.3 Å². The van der Waals surface area contributed by atoms with Gasteiger partial charge in [0.05, 0.1) is 23.9 Å². The minimum absolute atomic E-state index is 0.0148. The van der Waals surface area contributed by atoms with Crippen LogP contribution in [0.4, 0.5) is 0 Å². The lowest BCUT2D eigenvalue weighted by molar-refractivity contribution is -0.119. The van der Waals surface area contributed by atoms with E-state index in [0.29, 0.717) is 43.2 Å². The Hall–Kier alpha value is -1.95. The monoisotopic (exact) mass is 493 g/mol. The summed E-state index contributed by atoms with van der Waals surface area (Å²) in [6.45, 7) is 3.74. The number of rotatable bonds is 7. The number of carbonyl (C=O) groups excluding carboxylic acids is 1. The Kier molecular flexibility index (Phi) is 7.72. The van der Waals surface area contributed by atoms with Gasteiger partial charge in [-0.3, -0.25) is 4.79 Å². The molecule has 33 heavy (non-hydrogen) atoms. The van der Waals surface area contributed by atoms with E-state index in [2.05, 4.69) is 22.4 Å². The number of morpholine rings is 1. The predicted octanol–water partition coefficient (Wildman–Crippen LogP) is 2.29. The fourth-order valence-electron chi connectivity index (χ4n) is 4.31. The van der Waals surface area contributed by atoms with E-state index in [1.54, 1.807) is 24.3 Å². The van der Waals surface area contributed by atoms with Crippen LogP contribution in [0.5, 0.6) is 0 Å². The first kappa shape index (κ1) is 24.2. The molecule has 2 unspecified atom stereocenters. The standard InChI is InChI=1S/C22H31N5O4S2/c1-16-5-3-4-6-19(16)23-20(28)15-32-22-25-24-21(26(22)2)17-7-9-18(10-8-17)33(29,30)27-11-13-31-14-12-27/h7-10,16,19H,3-6,11-15H2,1-2H3,(H,23,28). The number of sulfonamides is 1. The third-order valence-corrected chi connectivity index (χ3v) is 9.28. The zero-order valence-electron chi connectivity index (χ0n) is 19.1. The lowest BCUT2D eigenvalue weighted by Gasteiger charge is -2.29. The van der Waals surface area contributed by atoms with Gasteiger partial charge in [-0.2, -0.15) is 4.31 Å². The summed E-state index contributed by atoms with van der Waals surface area (Å²) < 4.78 is 34.1. The van der Waals surface area contributed by atoms with Crippen molar-refractivity contribution in [1.29, 1.82) is 0 Å². The molecular formula is C22H31N5O4S2. The molecule has 1 aliphatic heterocycles. The summed E-state index contributed by atoms with van der Waals surface area (Å²) in [5.41, 5.74) is 0.762. The van der Waals surface area contributed by atoms with Crippen LogP contribution >= 0.6 is 11.8 Å². The van der Waals surface area contributed by atoms with Crippen molar-refractivity contribution in [2.45, 2.75) is 48.7 Å². The molecule has 0 radical (unpaired) electrons. The number of nitrogens with zero attached hydrogens (tertiary/aromatic N) is 4. The molecule has 1 saturated carbocycles. The van der Waals surface area contributed by atoms with Crippen LogP contribution in [0.2, 0.25) is 0 Å². The van der Waals surface area contributed by atoms with Gasteiger partial charge in [0.1, 0.15) is 0 Å². The fourth-order valence-corrected chi connectivity index (χ4v) is 6.44. The van der Waals surface area contributed by atoms with Crippen LogP contribution in [0.3, 0.4) is 0 Å². The molecule has 0 spiro atoms. The van der Waals surface area contributed by atoms with Gasteiger partial charge in [0, 0.05) is 31.7 Å². The highest BCUT2D eigenvalue weighted by Gasteiger charge is 2.26. The smallest absolute Gasteiger partial charge is 0.243 e. The Labute approximate surface area is 199 Å². The maximum Gasteiger partial charge on any atom is 0.243 e. The maximum atomic E-state index is 12.8. The zero-order chi connectivity index (χ0) is 23.4. The fraction of sp³-hybridized carbons (Fsp3) is 0.591. The highest BCUT2D eigenvalue weighted by atomic mass is 32.2. The Morgan fingerprint density at radius 3 is 2.55 bits per heavy atom. The van der Waals surface area contributed by atoms with Crippen molar-refractivity contribution in [2.75, 3.05) is 32.1 Å². The third kappa shape index (κ3) is 5.59. The molecule has 0 bridgehead atoms. The van der Waals surface area contributed by atoms with Crippen molar-refractivity contribution < 1.29 is 17.9 Å². The Bertz CT molecular complexity index is 1060. The highest BCUT2D eigenvalue weighted by Crippen LogP contribution is 2.26. The average Bonchev–Trinajstić information content (AvgIpc) is 3.20. The molecule has 1 saturated heterocycles. The van der Waals surface area contributed by atoms with Gasteiger partial charge in [0.25, 0.3) is 0 Å². The number of benzene rings is 1. The van der Waals surface area contributed by atoms with Gasteiger partial charge in [0.15, 0.2) is 11.0 Å². The van der Waals surface area contributed by atoms with Crippen LogP contribution in [0.1, 0.15) is 32.6 Å². The van der Waals surface area contributed by atoms with Crippen LogP contribution in [0, 0.1) is 5.92 Å². The number of hydrogen-bond acceptors (Lipinski definition) is 7. The predicted molar refractivity (Wildman–Crippen MR) is 126 cm³/mol. The Balaban J connectivity index is 1.38. The summed E-state index contributed by atoms with van der Waals surface area (Å²) in [6.07, 6.45) is 4.62. The molecule has 1 aliphatic carbocycles. The molecule has 1 aromatic heterocycles. The van der Waals surface area contributed by atoms with E-state index in [0.717, 1.165) is 18.4 Å². The molecule has 2 atom stereocenters. The highest BCUT2D eigenvalue weighted by molar-refractivity contribution is 7.99. The molecule has 11 heteroatoms. The molecule has 180 valence electrons. The summed E-state index contributed by atoms with van der Waals surface area (Å²) >= 11 is 1.35. The van der Waals surface area contributed by atoms with Crippen molar-refractivity contribution in [3.8, 4) is 11.4 Å². The molecule has 1 amide bonds. The topological polar surface area (TPSA) is 106 Å². The van der Waals surface area contributed by atoms with E-state index in [1.807, 2.05) is 11.6 Å². The van der Waals surface area contributed by atoms with Gasteiger partial charge in [-0.1, -0.05) is 31.5 Å². The van der Waals surface area contributed by atoms with E-state index < -0.39 is 10.0 Å². The number of thioether (sulfide) groups is 1. The van der Waals surface area contributed by atoms with Gasteiger partial charge in [-0.15, -0.1) is 10.2 Å². The van der Waals surface area contributed by atoms with Crippen LogP contribution in [-0.4, -0.2) is 71.5 Å². The normalized spacial score (nSPS) is 22.2. The average molecular weight is 494 g/mol. The number of ether oxygens (including phenoxy) is 1. The SMILES string of the molecule is CC1CCCCC1NC(=O)CSc1nnc(-c2ccc(S(=O)(=O)N3CCOCC3)cc2)n1C. The molecular weight excluding hydrogens is 462 g/mol. The minimum atomic E-state index is -3.54. The Morgan fingerprint density at radius 1 is 1.15 bits per heavy atom. The van der Waals surface area contributed by atoms with E-state index in [9.17, 15) is 13.2 Å². The third-order valence-electron chi connectivity index (χ3n) is 6.35. The minimum Gasteiger partial charge on any atom is -0.379 e. The number of aromatic nitrogens is 3. The van der Waals surface area contributed by atoms with E-state index in [1.165, 1.54) is 28.9 Å². The van der Waals surface area contributed by atoms with Gasteiger partial charge >= 0.3 is 0 Å². The van der Waals surface area contributed by atoms with Gasteiger partial charge in [-0.25, -0.2) is 8.42 Å².